The van der Waals surface area contributed by atoms with Gasteiger partial charge < -0.3 is 10.0 Å². The molecule has 2 atom stereocenters. The van der Waals surface area contributed by atoms with Gasteiger partial charge in [0.1, 0.15) is 0 Å². The third kappa shape index (κ3) is 4.57. The fourth-order valence-corrected chi connectivity index (χ4v) is 2.70. The summed E-state index contributed by atoms with van der Waals surface area (Å²) < 4.78 is 38.2. The third-order valence-corrected chi connectivity index (χ3v) is 4.30. The number of carbonyl (C=O) groups is 2. The van der Waals surface area contributed by atoms with Gasteiger partial charge in [0, 0.05) is 17.8 Å². The van der Waals surface area contributed by atoms with Gasteiger partial charge in [0.25, 0.3) is 0 Å². The predicted molar refractivity (Wildman–Crippen MR) is 69.5 cm³/mol. The van der Waals surface area contributed by atoms with Crippen molar-refractivity contribution in [3.8, 4) is 0 Å². The summed E-state index contributed by atoms with van der Waals surface area (Å²) >= 11 is 1.33. The second kappa shape index (κ2) is 5.83. The summed E-state index contributed by atoms with van der Waals surface area (Å²) in [6.45, 7) is 4.75. The van der Waals surface area contributed by atoms with Crippen molar-refractivity contribution in [2.45, 2.75) is 31.7 Å². The van der Waals surface area contributed by atoms with E-state index in [1.54, 1.807) is 0 Å². The highest BCUT2D eigenvalue weighted by molar-refractivity contribution is 8.01. The van der Waals surface area contributed by atoms with Gasteiger partial charge in [-0.2, -0.15) is 13.2 Å². The first-order chi connectivity index (χ1) is 8.92. The molecule has 1 heterocycles. The van der Waals surface area contributed by atoms with Crippen LogP contribution in [0.1, 0.15) is 20.8 Å². The summed E-state index contributed by atoms with van der Waals surface area (Å²) in [5, 5.41) is 8.86. The van der Waals surface area contributed by atoms with Gasteiger partial charge in [-0.15, -0.1) is 11.8 Å². The van der Waals surface area contributed by atoms with E-state index in [0.717, 1.165) is 4.90 Å². The smallest absolute Gasteiger partial charge is 0.394 e. The monoisotopic (exact) mass is 313 g/mol. The number of carboxylic acids is 1. The summed E-state index contributed by atoms with van der Waals surface area (Å²) in [4.78, 5) is 23.8. The van der Waals surface area contributed by atoms with Crippen molar-refractivity contribution < 1.29 is 27.9 Å². The number of thioether (sulfide) groups is 1. The van der Waals surface area contributed by atoms with E-state index in [1.807, 2.05) is 20.8 Å². The normalized spacial score (nSPS) is 24.0. The number of carbonyl (C=O) groups excluding carboxylic acids is 1. The Morgan fingerprint density at radius 3 is 2.15 bits per heavy atom. The zero-order chi connectivity index (χ0) is 15.7. The van der Waals surface area contributed by atoms with Crippen molar-refractivity contribution in [3.63, 3.8) is 0 Å². The number of carboxylic acid groups (broad SMARTS) is 1. The second-order valence-electron chi connectivity index (χ2n) is 5.79. The molecule has 0 aromatic heterocycles. The minimum absolute atomic E-state index is 0.0560. The molecule has 116 valence electrons. The van der Waals surface area contributed by atoms with Crippen LogP contribution in [-0.2, 0) is 9.59 Å². The van der Waals surface area contributed by atoms with Gasteiger partial charge in [-0.05, 0) is 0 Å². The first-order valence-electron chi connectivity index (χ1n) is 6.13. The number of likely N-dealkylation sites (tertiary alicyclic amines) is 1. The molecule has 0 aromatic carbocycles. The zero-order valence-corrected chi connectivity index (χ0v) is 12.3. The molecule has 0 aliphatic carbocycles. The van der Waals surface area contributed by atoms with E-state index in [-0.39, 0.29) is 17.0 Å². The number of nitrogens with zero attached hydrogens (tertiary/aromatic N) is 1. The van der Waals surface area contributed by atoms with E-state index < -0.39 is 36.4 Å². The predicted octanol–water partition coefficient (Wildman–Crippen LogP) is 2.24. The summed E-state index contributed by atoms with van der Waals surface area (Å²) in [5.74, 6) is -5.45. The minimum Gasteiger partial charge on any atom is -0.481 e. The van der Waals surface area contributed by atoms with Crippen LogP contribution in [0.4, 0.5) is 13.2 Å². The maximum Gasteiger partial charge on any atom is 0.394 e. The van der Waals surface area contributed by atoms with Crippen molar-refractivity contribution in [3.05, 3.63) is 0 Å². The van der Waals surface area contributed by atoms with Gasteiger partial charge in [0.15, 0.2) is 0 Å². The molecular weight excluding hydrogens is 295 g/mol. The van der Waals surface area contributed by atoms with E-state index in [4.69, 9.17) is 5.11 Å². The summed E-state index contributed by atoms with van der Waals surface area (Å²) in [7, 11) is 0. The van der Waals surface area contributed by atoms with Crippen LogP contribution < -0.4 is 0 Å². The van der Waals surface area contributed by atoms with Gasteiger partial charge >= 0.3 is 12.1 Å². The Morgan fingerprint density at radius 2 is 1.80 bits per heavy atom. The van der Waals surface area contributed by atoms with Crippen LogP contribution in [0.5, 0.6) is 0 Å². The highest BCUT2D eigenvalue weighted by Gasteiger charge is 2.53. The number of hydrogen-bond donors (Lipinski definition) is 1. The van der Waals surface area contributed by atoms with Crippen LogP contribution in [0.3, 0.4) is 0 Å². The first-order valence-corrected chi connectivity index (χ1v) is 7.11. The molecule has 1 N–H and O–H groups in total. The molecule has 20 heavy (non-hydrogen) atoms. The van der Waals surface area contributed by atoms with Crippen molar-refractivity contribution in [1.82, 2.24) is 4.90 Å². The quantitative estimate of drug-likeness (QED) is 0.868. The molecule has 0 aromatic rings. The fraction of sp³-hybridized carbons (Fsp3) is 0.833. The Balaban J connectivity index is 2.71. The van der Waals surface area contributed by atoms with E-state index in [1.165, 1.54) is 11.8 Å². The third-order valence-electron chi connectivity index (χ3n) is 3.04. The van der Waals surface area contributed by atoms with E-state index in [2.05, 4.69) is 0 Å². The molecule has 1 saturated heterocycles. The Labute approximate surface area is 119 Å². The lowest BCUT2D eigenvalue weighted by Crippen LogP contribution is -2.34. The van der Waals surface area contributed by atoms with Gasteiger partial charge in [0.2, 0.25) is 5.91 Å². The van der Waals surface area contributed by atoms with Gasteiger partial charge in [-0.25, -0.2) is 0 Å². The van der Waals surface area contributed by atoms with Crippen molar-refractivity contribution >= 4 is 23.6 Å². The number of halogens is 3. The number of hydrogen-bond acceptors (Lipinski definition) is 3. The maximum atomic E-state index is 12.8. The highest BCUT2D eigenvalue weighted by Crippen LogP contribution is 2.38. The topological polar surface area (TPSA) is 57.6 Å². The lowest BCUT2D eigenvalue weighted by molar-refractivity contribution is -0.188. The number of alkyl halides is 3. The van der Waals surface area contributed by atoms with Crippen molar-refractivity contribution in [1.29, 1.82) is 0 Å². The fourth-order valence-electron chi connectivity index (χ4n) is 1.96. The van der Waals surface area contributed by atoms with Crippen LogP contribution in [-0.4, -0.2) is 51.6 Å². The Kier molecular flexibility index (Phi) is 4.99. The molecule has 1 fully saturated rings. The number of rotatable bonds is 3. The number of amides is 1. The Hall–Kier alpha value is -0.920. The van der Waals surface area contributed by atoms with Crippen LogP contribution in [0.2, 0.25) is 0 Å². The molecule has 0 bridgehead atoms. The molecule has 0 spiro atoms. The summed E-state index contributed by atoms with van der Waals surface area (Å²) in [6, 6.07) is 0. The molecule has 0 radical (unpaired) electrons. The van der Waals surface area contributed by atoms with Gasteiger partial charge in [0.05, 0.1) is 17.6 Å². The van der Waals surface area contributed by atoms with E-state index in [9.17, 15) is 22.8 Å². The van der Waals surface area contributed by atoms with Crippen LogP contribution in [0.25, 0.3) is 0 Å². The molecule has 1 aliphatic heterocycles. The van der Waals surface area contributed by atoms with Crippen LogP contribution in [0.15, 0.2) is 0 Å². The maximum absolute atomic E-state index is 12.8. The largest absolute Gasteiger partial charge is 0.481 e. The standard InChI is InChI=1S/C12H18F3NO3S/c1-11(2,3)20-6-9(17)16-4-7(10(18)19)8(5-16)12(13,14)15/h7-8H,4-6H2,1-3H3,(H,18,19)/t7-,8-/m1/s1. The van der Waals surface area contributed by atoms with E-state index >= 15 is 0 Å². The molecule has 1 aliphatic rings. The molecule has 8 heteroatoms. The molecule has 0 unspecified atom stereocenters. The SMILES string of the molecule is CC(C)(C)SCC(=O)N1C[C@@H](C(F)(F)F)[C@H](C(=O)O)C1. The summed E-state index contributed by atoms with van der Waals surface area (Å²) in [5.41, 5.74) is 0. The Morgan fingerprint density at radius 1 is 1.25 bits per heavy atom. The average Bonchev–Trinajstić information content (AvgIpc) is 2.69. The highest BCUT2D eigenvalue weighted by atomic mass is 32.2. The molecule has 0 saturated carbocycles. The summed E-state index contributed by atoms with van der Waals surface area (Å²) in [6.07, 6.45) is -4.60. The lowest BCUT2D eigenvalue weighted by atomic mass is 9.96. The van der Waals surface area contributed by atoms with E-state index in [0.29, 0.717) is 0 Å². The van der Waals surface area contributed by atoms with Crippen LogP contribution in [0, 0.1) is 11.8 Å². The second-order valence-corrected chi connectivity index (χ2v) is 7.59. The van der Waals surface area contributed by atoms with Crippen molar-refractivity contribution in [2.75, 3.05) is 18.8 Å². The molecule has 1 rings (SSSR count). The number of aliphatic carboxylic acids is 1. The average molecular weight is 313 g/mol. The lowest BCUT2D eigenvalue weighted by Gasteiger charge is -2.21. The molecule has 4 nitrogen and oxygen atoms in total. The van der Waals surface area contributed by atoms with Gasteiger partial charge in [-0.1, -0.05) is 20.8 Å². The minimum atomic E-state index is -4.60. The molecule has 1 amide bonds. The molecular formula is C12H18F3NO3S. The first kappa shape index (κ1) is 17.1. The van der Waals surface area contributed by atoms with Crippen LogP contribution >= 0.6 is 11.8 Å². The van der Waals surface area contributed by atoms with Gasteiger partial charge in [-0.3, -0.25) is 9.59 Å². The zero-order valence-electron chi connectivity index (χ0n) is 11.5. The van der Waals surface area contributed by atoms with Crippen molar-refractivity contribution in [2.24, 2.45) is 11.8 Å². The Bertz CT molecular complexity index is 392.